The van der Waals surface area contributed by atoms with Crippen LogP contribution in [0.4, 0.5) is 0 Å². The molecular formula is C17H25N3O. The molecule has 21 heavy (non-hydrogen) atoms. The van der Waals surface area contributed by atoms with Crippen molar-refractivity contribution in [1.29, 1.82) is 0 Å². The smallest absolute Gasteiger partial charge is 0.236 e. The van der Waals surface area contributed by atoms with Gasteiger partial charge in [0.05, 0.1) is 6.54 Å². The highest BCUT2D eigenvalue weighted by Crippen LogP contribution is 2.31. The summed E-state index contributed by atoms with van der Waals surface area (Å²) in [6.45, 7) is 6.79. The average Bonchev–Trinajstić information content (AvgIpc) is 3.04. The summed E-state index contributed by atoms with van der Waals surface area (Å²) in [5.41, 5.74) is 1.18. The lowest BCUT2D eigenvalue weighted by Crippen LogP contribution is -2.41. The molecule has 2 heterocycles. The highest BCUT2D eigenvalue weighted by molar-refractivity contribution is 5.78. The molecule has 3 atom stereocenters. The molecule has 1 aromatic carbocycles. The van der Waals surface area contributed by atoms with Crippen LogP contribution in [0, 0.1) is 11.8 Å². The molecule has 1 amide bonds. The maximum Gasteiger partial charge on any atom is 0.236 e. The average molecular weight is 287 g/mol. The summed E-state index contributed by atoms with van der Waals surface area (Å²) in [5.74, 6) is 1.67. The number of fused-ring (bicyclic) bond motifs is 1. The van der Waals surface area contributed by atoms with Gasteiger partial charge in [-0.1, -0.05) is 30.3 Å². The van der Waals surface area contributed by atoms with Gasteiger partial charge in [0.1, 0.15) is 0 Å². The number of rotatable bonds is 4. The number of nitrogens with one attached hydrogen (secondary N) is 1. The van der Waals surface area contributed by atoms with E-state index in [-0.39, 0.29) is 5.91 Å². The number of likely N-dealkylation sites (tertiary alicyclic amines) is 1. The fourth-order valence-electron chi connectivity index (χ4n) is 3.70. The Morgan fingerprint density at radius 1 is 1.33 bits per heavy atom. The van der Waals surface area contributed by atoms with Gasteiger partial charge >= 0.3 is 0 Å². The molecule has 0 spiro atoms. The Labute approximate surface area is 127 Å². The number of benzene rings is 1. The number of hydrogen-bond acceptors (Lipinski definition) is 3. The summed E-state index contributed by atoms with van der Waals surface area (Å²) in [6.07, 6.45) is 0. The lowest BCUT2D eigenvalue weighted by atomic mass is 9.95. The topological polar surface area (TPSA) is 35.6 Å². The van der Waals surface area contributed by atoms with Gasteiger partial charge in [-0.3, -0.25) is 9.69 Å². The highest BCUT2D eigenvalue weighted by atomic mass is 16.2. The fourth-order valence-corrected chi connectivity index (χ4v) is 3.70. The van der Waals surface area contributed by atoms with Crippen LogP contribution in [0.3, 0.4) is 0 Å². The molecule has 0 aliphatic carbocycles. The number of carbonyl (C=O) groups is 1. The van der Waals surface area contributed by atoms with Crippen LogP contribution in [-0.4, -0.2) is 55.0 Å². The third-order valence-corrected chi connectivity index (χ3v) is 5.08. The van der Waals surface area contributed by atoms with Crippen LogP contribution in [0.1, 0.15) is 12.5 Å². The number of hydrogen-bond donors (Lipinski definition) is 1. The van der Waals surface area contributed by atoms with Crippen molar-refractivity contribution in [3.8, 4) is 0 Å². The van der Waals surface area contributed by atoms with Crippen LogP contribution in [0.5, 0.6) is 0 Å². The van der Waals surface area contributed by atoms with Crippen LogP contribution in [0.15, 0.2) is 30.3 Å². The van der Waals surface area contributed by atoms with Crippen LogP contribution in [-0.2, 0) is 11.3 Å². The maximum atomic E-state index is 12.4. The Balaban J connectivity index is 1.54. The standard InChI is InChI=1S/C17H25N3O/c1-13-16-9-18-8-15(16)11-20(13)12-17(21)19(2)10-14-6-4-3-5-7-14/h3-7,13,15-16,18H,8-12H2,1-2H3. The maximum absolute atomic E-state index is 12.4. The Hall–Kier alpha value is -1.39. The van der Waals surface area contributed by atoms with E-state index in [9.17, 15) is 4.79 Å². The van der Waals surface area contributed by atoms with Gasteiger partial charge in [-0.25, -0.2) is 0 Å². The molecule has 3 rings (SSSR count). The van der Waals surface area contributed by atoms with Gasteiger partial charge in [-0.05, 0) is 37.4 Å². The van der Waals surface area contributed by atoms with Crippen LogP contribution in [0.25, 0.3) is 0 Å². The van der Waals surface area contributed by atoms with Crippen molar-refractivity contribution in [2.24, 2.45) is 11.8 Å². The molecule has 0 aromatic heterocycles. The van der Waals surface area contributed by atoms with Gasteiger partial charge in [0.2, 0.25) is 5.91 Å². The van der Waals surface area contributed by atoms with Crippen molar-refractivity contribution in [1.82, 2.24) is 15.1 Å². The van der Waals surface area contributed by atoms with E-state index in [2.05, 4.69) is 29.3 Å². The monoisotopic (exact) mass is 287 g/mol. The van der Waals surface area contributed by atoms with E-state index < -0.39 is 0 Å². The van der Waals surface area contributed by atoms with E-state index in [0.29, 0.717) is 19.1 Å². The normalized spacial score (nSPS) is 28.6. The Morgan fingerprint density at radius 2 is 2.10 bits per heavy atom. The van der Waals surface area contributed by atoms with Crippen LogP contribution in [0.2, 0.25) is 0 Å². The van der Waals surface area contributed by atoms with Crippen LogP contribution >= 0.6 is 0 Å². The first kappa shape index (κ1) is 14.5. The number of nitrogens with zero attached hydrogens (tertiary/aromatic N) is 2. The third kappa shape index (κ3) is 3.11. The summed E-state index contributed by atoms with van der Waals surface area (Å²) >= 11 is 0. The summed E-state index contributed by atoms with van der Waals surface area (Å²) < 4.78 is 0. The molecule has 0 bridgehead atoms. The zero-order valence-corrected chi connectivity index (χ0v) is 13.0. The molecule has 0 radical (unpaired) electrons. The zero-order valence-electron chi connectivity index (χ0n) is 13.0. The molecule has 2 aliphatic heterocycles. The predicted octanol–water partition coefficient (Wildman–Crippen LogP) is 1.18. The molecule has 1 aromatic rings. The predicted molar refractivity (Wildman–Crippen MR) is 83.8 cm³/mol. The molecular weight excluding hydrogens is 262 g/mol. The fraction of sp³-hybridized carbons (Fsp3) is 0.588. The number of amides is 1. The van der Waals surface area contributed by atoms with Gasteiger partial charge in [0.15, 0.2) is 0 Å². The van der Waals surface area contributed by atoms with E-state index in [4.69, 9.17) is 0 Å². The molecule has 2 aliphatic rings. The molecule has 0 saturated carbocycles. The second kappa shape index (κ2) is 6.16. The largest absolute Gasteiger partial charge is 0.340 e. The second-order valence-electron chi connectivity index (χ2n) is 6.49. The van der Waals surface area contributed by atoms with Gasteiger partial charge in [-0.2, -0.15) is 0 Å². The van der Waals surface area contributed by atoms with Crippen molar-refractivity contribution in [3.63, 3.8) is 0 Å². The summed E-state index contributed by atoms with van der Waals surface area (Å²) in [5, 5.41) is 3.46. The molecule has 2 fully saturated rings. The minimum absolute atomic E-state index is 0.221. The number of carbonyl (C=O) groups excluding carboxylic acids is 1. The molecule has 114 valence electrons. The lowest BCUT2D eigenvalue weighted by molar-refractivity contribution is -0.131. The Bertz CT molecular complexity index is 490. The van der Waals surface area contributed by atoms with Crippen molar-refractivity contribution in [2.75, 3.05) is 33.2 Å². The minimum Gasteiger partial charge on any atom is -0.340 e. The first-order valence-electron chi connectivity index (χ1n) is 7.88. The van der Waals surface area contributed by atoms with Crippen molar-refractivity contribution in [2.45, 2.75) is 19.5 Å². The van der Waals surface area contributed by atoms with Gasteiger partial charge in [0, 0.05) is 26.2 Å². The van der Waals surface area contributed by atoms with Crippen LogP contribution < -0.4 is 5.32 Å². The zero-order chi connectivity index (χ0) is 14.8. The summed E-state index contributed by atoms with van der Waals surface area (Å²) in [6, 6.07) is 10.7. The highest BCUT2D eigenvalue weighted by Gasteiger charge is 2.42. The minimum atomic E-state index is 0.221. The lowest BCUT2D eigenvalue weighted by Gasteiger charge is -2.26. The van der Waals surface area contributed by atoms with E-state index in [1.807, 2.05) is 30.1 Å². The quantitative estimate of drug-likeness (QED) is 0.903. The second-order valence-corrected chi connectivity index (χ2v) is 6.49. The van der Waals surface area contributed by atoms with Gasteiger partial charge < -0.3 is 10.2 Å². The Kier molecular flexibility index (Phi) is 4.27. The van der Waals surface area contributed by atoms with E-state index in [1.165, 1.54) is 5.56 Å². The van der Waals surface area contributed by atoms with Gasteiger partial charge in [-0.15, -0.1) is 0 Å². The Morgan fingerprint density at radius 3 is 2.81 bits per heavy atom. The van der Waals surface area contributed by atoms with E-state index >= 15 is 0 Å². The molecule has 2 saturated heterocycles. The van der Waals surface area contributed by atoms with Crippen molar-refractivity contribution < 1.29 is 4.79 Å². The first-order chi connectivity index (χ1) is 10.1. The van der Waals surface area contributed by atoms with Gasteiger partial charge in [0.25, 0.3) is 0 Å². The van der Waals surface area contributed by atoms with E-state index in [1.54, 1.807) is 0 Å². The third-order valence-electron chi connectivity index (χ3n) is 5.08. The molecule has 4 nitrogen and oxygen atoms in total. The van der Waals surface area contributed by atoms with E-state index in [0.717, 1.165) is 31.5 Å². The first-order valence-corrected chi connectivity index (χ1v) is 7.88. The molecule has 4 heteroatoms. The summed E-state index contributed by atoms with van der Waals surface area (Å²) in [7, 11) is 1.90. The van der Waals surface area contributed by atoms with Crippen molar-refractivity contribution in [3.05, 3.63) is 35.9 Å². The molecule has 3 unspecified atom stereocenters. The molecule has 1 N–H and O–H groups in total. The van der Waals surface area contributed by atoms with Crippen molar-refractivity contribution >= 4 is 5.91 Å². The summed E-state index contributed by atoms with van der Waals surface area (Å²) in [4.78, 5) is 16.6. The SMILES string of the molecule is CC1C2CNCC2CN1CC(=O)N(C)Cc1ccccc1. The number of likely N-dealkylation sites (N-methyl/N-ethyl adjacent to an activating group) is 1.